The van der Waals surface area contributed by atoms with Crippen molar-refractivity contribution < 1.29 is 4.42 Å². The molecule has 1 aromatic heterocycles. The van der Waals surface area contributed by atoms with Gasteiger partial charge in [0.25, 0.3) is 0 Å². The fraction of sp³-hybridized carbons (Fsp3) is 0.769. The molecule has 0 bridgehead atoms. The van der Waals surface area contributed by atoms with Crippen LogP contribution in [-0.2, 0) is 12.8 Å². The molecule has 0 radical (unpaired) electrons. The van der Waals surface area contributed by atoms with Gasteiger partial charge in [0.1, 0.15) is 6.26 Å². The van der Waals surface area contributed by atoms with E-state index in [9.17, 15) is 0 Å². The molecule has 0 amide bonds. The van der Waals surface area contributed by atoms with Crippen LogP contribution in [0.5, 0.6) is 0 Å². The topological polar surface area (TPSA) is 41.3 Å². The number of nitrogens with zero attached hydrogens (tertiary/aromatic N) is 2. The first-order valence-electron chi connectivity index (χ1n) is 6.69. The molecule has 0 atom stereocenters. The smallest absolute Gasteiger partial charge is 0.195 e. The van der Waals surface area contributed by atoms with Crippen molar-refractivity contribution in [1.82, 2.24) is 15.2 Å². The van der Waals surface area contributed by atoms with Crippen molar-refractivity contribution in [2.45, 2.75) is 32.1 Å². The fourth-order valence-electron chi connectivity index (χ4n) is 2.28. The lowest BCUT2D eigenvalue weighted by Crippen LogP contribution is -2.22. The predicted molar refractivity (Wildman–Crippen MR) is 68.1 cm³/mol. The molecular weight excluding hydrogens is 214 g/mol. The maximum absolute atomic E-state index is 5.50. The first kappa shape index (κ1) is 12.6. The van der Waals surface area contributed by atoms with E-state index in [2.05, 4.69) is 15.2 Å². The van der Waals surface area contributed by atoms with Crippen molar-refractivity contribution in [3.63, 3.8) is 0 Å². The van der Waals surface area contributed by atoms with E-state index in [1.807, 2.05) is 13.3 Å². The zero-order chi connectivity index (χ0) is 11.9. The van der Waals surface area contributed by atoms with Gasteiger partial charge in [-0.05, 0) is 52.4 Å². The van der Waals surface area contributed by atoms with Gasteiger partial charge in [-0.15, -0.1) is 0 Å². The molecule has 1 fully saturated rings. The summed E-state index contributed by atoms with van der Waals surface area (Å²) in [6, 6.07) is 0. The summed E-state index contributed by atoms with van der Waals surface area (Å²) in [5.41, 5.74) is 1.09. The van der Waals surface area contributed by atoms with Gasteiger partial charge in [-0.3, -0.25) is 0 Å². The van der Waals surface area contributed by atoms with Crippen LogP contribution in [0.25, 0.3) is 0 Å². The number of aryl methyl sites for hydroxylation is 1. The van der Waals surface area contributed by atoms with Crippen molar-refractivity contribution in [1.29, 1.82) is 0 Å². The molecule has 96 valence electrons. The number of hydrogen-bond acceptors (Lipinski definition) is 4. The van der Waals surface area contributed by atoms with E-state index < -0.39 is 0 Å². The summed E-state index contributed by atoms with van der Waals surface area (Å²) < 4.78 is 5.50. The van der Waals surface area contributed by atoms with Crippen LogP contribution < -0.4 is 5.32 Å². The summed E-state index contributed by atoms with van der Waals surface area (Å²) >= 11 is 0. The van der Waals surface area contributed by atoms with Gasteiger partial charge in [-0.2, -0.15) is 0 Å². The van der Waals surface area contributed by atoms with Crippen LogP contribution in [0.1, 0.15) is 30.8 Å². The molecule has 17 heavy (non-hydrogen) atoms. The highest BCUT2D eigenvalue weighted by atomic mass is 16.3. The van der Waals surface area contributed by atoms with E-state index >= 15 is 0 Å². The lowest BCUT2D eigenvalue weighted by atomic mass is 10.2. The molecule has 2 heterocycles. The predicted octanol–water partition coefficient (Wildman–Crippen LogP) is 1.46. The van der Waals surface area contributed by atoms with Gasteiger partial charge in [0.05, 0.1) is 5.69 Å². The zero-order valence-electron chi connectivity index (χ0n) is 10.7. The molecule has 0 spiro atoms. The largest absolute Gasteiger partial charge is 0.449 e. The summed E-state index contributed by atoms with van der Waals surface area (Å²) in [5, 5.41) is 3.14. The molecular formula is C13H23N3O. The lowest BCUT2D eigenvalue weighted by molar-refractivity contribution is 0.328. The van der Waals surface area contributed by atoms with Crippen molar-refractivity contribution in [2.75, 3.05) is 33.2 Å². The van der Waals surface area contributed by atoms with Gasteiger partial charge in [0.15, 0.2) is 5.89 Å². The first-order valence-corrected chi connectivity index (χ1v) is 6.69. The second kappa shape index (κ2) is 6.77. The van der Waals surface area contributed by atoms with Crippen molar-refractivity contribution >= 4 is 0 Å². The van der Waals surface area contributed by atoms with E-state index in [1.54, 1.807) is 0 Å². The quantitative estimate of drug-likeness (QED) is 0.729. The van der Waals surface area contributed by atoms with Crippen molar-refractivity contribution in [2.24, 2.45) is 0 Å². The number of likely N-dealkylation sites (tertiary alicyclic amines) is 1. The van der Waals surface area contributed by atoms with Crippen LogP contribution in [0.15, 0.2) is 10.7 Å². The Kier molecular flexibility index (Phi) is 5.01. The average molecular weight is 237 g/mol. The molecule has 1 aliphatic heterocycles. The van der Waals surface area contributed by atoms with E-state index in [-0.39, 0.29) is 0 Å². The Labute approximate surface area is 103 Å². The van der Waals surface area contributed by atoms with E-state index in [0.29, 0.717) is 0 Å². The second-order valence-electron chi connectivity index (χ2n) is 4.74. The van der Waals surface area contributed by atoms with Gasteiger partial charge >= 0.3 is 0 Å². The SMILES string of the molecule is CNCCCc1coc(CCN2CCCC2)n1. The maximum atomic E-state index is 5.50. The minimum absolute atomic E-state index is 0.899. The minimum atomic E-state index is 0.899. The molecule has 2 rings (SSSR count). The number of aromatic nitrogens is 1. The summed E-state index contributed by atoms with van der Waals surface area (Å²) in [7, 11) is 1.98. The average Bonchev–Trinajstić information content (AvgIpc) is 2.98. The van der Waals surface area contributed by atoms with Crippen molar-refractivity contribution in [3.8, 4) is 0 Å². The third kappa shape index (κ3) is 4.13. The maximum Gasteiger partial charge on any atom is 0.195 e. The summed E-state index contributed by atoms with van der Waals surface area (Å²) in [6.07, 6.45) is 7.59. The number of oxazole rings is 1. The molecule has 1 saturated heterocycles. The molecule has 4 nitrogen and oxygen atoms in total. The summed E-state index contributed by atoms with van der Waals surface area (Å²) in [4.78, 5) is 7.01. The highest BCUT2D eigenvalue weighted by Gasteiger charge is 2.12. The Balaban J connectivity index is 1.69. The third-order valence-corrected chi connectivity index (χ3v) is 3.30. The third-order valence-electron chi connectivity index (χ3n) is 3.30. The van der Waals surface area contributed by atoms with Gasteiger partial charge < -0.3 is 14.6 Å². The van der Waals surface area contributed by atoms with Crippen LogP contribution in [0.3, 0.4) is 0 Å². The van der Waals surface area contributed by atoms with E-state index in [4.69, 9.17) is 4.42 Å². The highest BCUT2D eigenvalue weighted by Crippen LogP contribution is 2.10. The Morgan fingerprint density at radius 3 is 2.94 bits per heavy atom. The Morgan fingerprint density at radius 2 is 2.18 bits per heavy atom. The molecule has 1 N–H and O–H groups in total. The van der Waals surface area contributed by atoms with Gasteiger partial charge in [-0.25, -0.2) is 4.98 Å². The molecule has 0 aliphatic carbocycles. The standard InChI is InChI=1S/C13H23N3O/c1-14-7-4-5-12-11-17-13(15-12)6-10-16-8-2-3-9-16/h11,14H,2-10H2,1H3. The number of hydrogen-bond donors (Lipinski definition) is 1. The molecule has 4 heteroatoms. The summed E-state index contributed by atoms with van der Waals surface area (Å²) in [6.45, 7) is 4.62. The van der Waals surface area contributed by atoms with E-state index in [0.717, 1.165) is 43.9 Å². The Hall–Kier alpha value is -0.870. The van der Waals surface area contributed by atoms with Gasteiger partial charge in [0, 0.05) is 13.0 Å². The van der Waals surface area contributed by atoms with E-state index in [1.165, 1.54) is 25.9 Å². The van der Waals surface area contributed by atoms with Gasteiger partial charge in [-0.1, -0.05) is 0 Å². The number of nitrogens with one attached hydrogen (secondary N) is 1. The normalized spacial score (nSPS) is 16.8. The Bertz CT molecular complexity index is 318. The zero-order valence-corrected chi connectivity index (χ0v) is 10.7. The lowest BCUT2D eigenvalue weighted by Gasteiger charge is -2.12. The monoisotopic (exact) mass is 237 g/mol. The minimum Gasteiger partial charge on any atom is -0.449 e. The fourth-order valence-corrected chi connectivity index (χ4v) is 2.28. The number of rotatable bonds is 7. The van der Waals surface area contributed by atoms with Crippen LogP contribution in [0.4, 0.5) is 0 Å². The summed E-state index contributed by atoms with van der Waals surface area (Å²) in [5.74, 6) is 0.899. The van der Waals surface area contributed by atoms with Crippen LogP contribution in [0.2, 0.25) is 0 Å². The second-order valence-corrected chi connectivity index (χ2v) is 4.74. The Morgan fingerprint density at radius 1 is 1.35 bits per heavy atom. The highest BCUT2D eigenvalue weighted by molar-refractivity contribution is 4.97. The molecule has 0 saturated carbocycles. The first-order chi connectivity index (χ1) is 8.38. The molecule has 0 unspecified atom stereocenters. The van der Waals surface area contributed by atoms with Crippen molar-refractivity contribution in [3.05, 3.63) is 17.8 Å². The molecule has 1 aromatic rings. The van der Waals surface area contributed by atoms with Crippen LogP contribution >= 0.6 is 0 Å². The molecule has 0 aromatic carbocycles. The van der Waals surface area contributed by atoms with Gasteiger partial charge in [0.2, 0.25) is 0 Å². The van der Waals surface area contributed by atoms with Crippen LogP contribution in [0, 0.1) is 0 Å². The van der Waals surface area contributed by atoms with Crippen LogP contribution in [-0.4, -0.2) is 43.1 Å². The molecule has 1 aliphatic rings.